The summed E-state index contributed by atoms with van der Waals surface area (Å²) in [5.74, 6) is 0. The molecule has 1 heterocycles. The number of hydrogen-bond donors (Lipinski definition) is 1. The molecule has 1 aromatic heterocycles. The first kappa shape index (κ1) is 19.6. The van der Waals surface area contributed by atoms with Gasteiger partial charge in [0.15, 0.2) is 0 Å². The van der Waals surface area contributed by atoms with Gasteiger partial charge in [-0.1, -0.05) is 68.5 Å². The van der Waals surface area contributed by atoms with Crippen LogP contribution in [-0.4, -0.2) is 10.7 Å². The number of benzene rings is 2. The summed E-state index contributed by atoms with van der Waals surface area (Å²) in [6, 6.07) is 22.6. The quantitative estimate of drug-likeness (QED) is 0.466. The monoisotopic (exact) mass is 369 g/mol. The molecule has 1 N–H and O–H groups in total. The number of aliphatic imine (C=N–C) groups is 1. The fraction of sp³-hybridized carbons (Fsp3) is 0.200. The summed E-state index contributed by atoms with van der Waals surface area (Å²) in [5.41, 5.74) is 7.24. The Labute approximate surface area is 167 Å². The Morgan fingerprint density at radius 3 is 2.50 bits per heavy atom. The Balaban J connectivity index is 1.99. The fourth-order valence-electron chi connectivity index (χ4n) is 3.22. The topological polar surface area (TPSA) is 37.3 Å². The van der Waals surface area contributed by atoms with Gasteiger partial charge < -0.3 is 5.32 Å². The van der Waals surface area contributed by atoms with Gasteiger partial charge in [0.1, 0.15) is 0 Å². The second-order valence-corrected chi connectivity index (χ2v) is 6.82. The minimum atomic E-state index is 0.625. The first-order chi connectivity index (χ1) is 13.7. The Kier molecular flexibility index (Phi) is 6.74. The van der Waals surface area contributed by atoms with Crippen molar-refractivity contribution in [1.29, 1.82) is 0 Å². The van der Waals surface area contributed by atoms with Gasteiger partial charge in [-0.05, 0) is 42.7 Å². The summed E-state index contributed by atoms with van der Waals surface area (Å²) < 4.78 is 0. The molecule has 0 unspecified atom stereocenters. The lowest BCUT2D eigenvalue weighted by Crippen LogP contribution is -2.13. The van der Waals surface area contributed by atoms with Crippen molar-refractivity contribution in [1.82, 2.24) is 10.3 Å². The summed E-state index contributed by atoms with van der Waals surface area (Å²) in [5, 5.41) is 3.44. The van der Waals surface area contributed by atoms with Crippen molar-refractivity contribution in [3.05, 3.63) is 90.8 Å². The van der Waals surface area contributed by atoms with Gasteiger partial charge in [-0.15, -0.1) is 0 Å². The summed E-state index contributed by atoms with van der Waals surface area (Å²) >= 11 is 0. The third kappa shape index (κ3) is 4.95. The van der Waals surface area contributed by atoms with Crippen LogP contribution in [-0.2, 0) is 6.54 Å². The molecule has 0 aliphatic rings. The van der Waals surface area contributed by atoms with Gasteiger partial charge in [0.2, 0.25) is 0 Å². The first-order valence-corrected chi connectivity index (χ1v) is 9.74. The summed E-state index contributed by atoms with van der Waals surface area (Å²) in [6.07, 6.45) is 3.88. The zero-order chi connectivity index (χ0) is 19.8. The highest BCUT2D eigenvalue weighted by Crippen LogP contribution is 2.35. The Morgan fingerprint density at radius 1 is 1.00 bits per heavy atom. The summed E-state index contributed by atoms with van der Waals surface area (Å²) in [4.78, 5) is 9.30. The van der Waals surface area contributed by atoms with Crippen LogP contribution < -0.4 is 5.32 Å². The van der Waals surface area contributed by atoms with E-state index in [4.69, 9.17) is 4.99 Å². The molecule has 0 saturated carbocycles. The van der Waals surface area contributed by atoms with Crippen molar-refractivity contribution in [2.24, 2.45) is 4.99 Å². The van der Waals surface area contributed by atoms with Crippen LogP contribution in [0.2, 0.25) is 0 Å². The number of hydrogen-bond acceptors (Lipinski definition) is 3. The predicted octanol–water partition coefficient (Wildman–Crippen LogP) is 6.40. The molecule has 2 aromatic carbocycles. The zero-order valence-corrected chi connectivity index (χ0v) is 16.7. The van der Waals surface area contributed by atoms with Gasteiger partial charge in [-0.3, -0.25) is 9.98 Å². The Hall–Kier alpha value is -3.20. The lowest BCUT2D eigenvalue weighted by molar-refractivity contribution is 0.855. The van der Waals surface area contributed by atoms with Crippen LogP contribution in [0.4, 0.5) is 5.69 Å². The van der Waals surface area contributed by atoms with E-state index in [2.05, 4.69) is 73.2 Å². The molecule has 3 rings (SSSR count). The predicted molar refractivity (Wildman–Crippen MR) is 120 cm³/mol. The molecule has 0 amide bonds. The first-order valence-electron chi connectivity index (χ1n) is 9.74. The molecule has 142 valence electrons. The van der Waals surface area contributed by atoms with Gasteiger partial charge in [0.05, 0.1) is 17.9 Å². The molecule has 3 nitrogen and oxygen atoms in total. The molecule has 28 heavy (non-hydrogen) atoms. The van der Waals surface area contributed by atoms with E-state index in [0.29, 0.717) is 6.54 Å². The molecule has 0 radical (unpaired) electrons. The maximum absolute atomic E-state index is 4.91. The van der Waals surface area contributed by atoms with E-state index in [-0.39, 0.29) is 0 Å². The minimum Gasteiger partial charge on any atom is -0.379 e. The molecule has 0 bridgehead atoms. The molecule has 3 heteroatoms. The normalized spacial score (nSPS) is 11.3. The number of nitrogens with one attached hydrogen (secondary N) is 1. The Morgan fingerprint density at radius 2 is 1.79 bits per heavy atom. The average Bonchev–Trinajstić information content (AvgIpc) is 2.73. The average molecular weight is 370 g/mol. The van der Waals surface area contributed by atoms with E-state index in [1.54, 1.807) is 0 Å². The van der Waals surface area contributed by atoms with E-state index in [1.165, 1.54) is 0 Å². The maximum atomic E-state index is 4.91. The second kappa shape index (κ2) is 9.65. The summed E-state index contributed by atoms with van der Waals surface area (Å²) in [7, 11) is 0. The highest BCUT2D eigenvalue weighted by Gasteiger charge is 2.13. The van der Waals surface area contributed by atoms with Crippen LogP contribution in [0.1, 0.15) is 37.9 Å². The van der Waals surface area contributed by atoms with Crippen molar-refractivity contribution >= 4 is 17.1 Å². The minimum absolute atomic E-state index is 0.625. The van der Waals surface area contributed by atoms with Crippen LogP contribution in [0, 0.1) is 0 Å². The molecular weight excluding hydrogens is 342 g/mol. The highest BCUT2D eigenvalue weighted by atomic mass is 14.9. The van der Waals surface area contributed by atoms with Gasteiger partial charge in [0.25, 0.3) is 0 Å². The fourth-order valence-corrected chi connectivity index (χ4v) is 3.22. The molecule has 0 fully saturated rings. The van der Waals surface area contributed by atoms with Gasteiger partial charge in [0, 0.05) is 23.2 Å². The maximum Gasteiger partial charge on any atom is 0.0728 e. The van der Waals surface area contributed by atoms with Crippen molar-refractivity contribution < 1.29 is 0 Å². The second-order valence-electron chi connectivity index (χ2n) is 6.82. The molecule has 0 aliphatic heterocycles. The van der Waals surface area contributed by atoms with E-state index in [9.17, 15) is 0 Å². The van der Waals surface area contributed by atoms with E-state index in [0.717, 1.165) is 52.3 Å². The van der Waals surface area contributed by atoms with Gasteiger partial charge in [-0.2, -0.15) is 0 Å². The molecule has 0 spiro atoms. The smallest absolute Gasteiger partial charge is 0.0728 e. The zero-order valence-electron chi connectivity index (χ0n) is 16.7. The van der Waals surface area contributed by atoms with Gasteiger partial charge in [-0.25, -0.2) is 0 Å². The van der Waals surface area contributed by atoms with Crippen LogP contribution >= 0.6 is 0 Å². The molecule has 0 aliphatic carbocycles. The molecular formula is C25H27N3. The number of aromatic nitrogens is 1. The van der Waals surface area contributed by atoms with Crippen molar-refractivity contribution in [2.75, 3.05) is 0 Å². The van der Waals surface area contributed by atoms with Crippen LogP contribution in [0.15, 0.2) is 84.5 Å². The van der Waals surface area contributed by atoms with Gasteiger partial charge >= 0.3 is 0 Å². The van der Waals surface area contributed by atoms with E-state index < -0.39 is 0 Å². The van der Waals surface area contributed by atoms with E-state index >= 15 is 0 Å². The third-order valence-electron chi connectivity index (χ3n) is 4.56. The standard InChI is InChI=1S/C25H27N3/c1-4-11-19(2)28-24-16-10-15-23(21-12-6-5-7-13-21)25(24)20(3)27-18-22-14-8-9-17-26-22/h5-10,12-17,27H,3-4,11,18H2,1-2H3/b28-19+. The lowest BCUT2D eigenvalue weighted by atomic mass is 9.96. The molecule has 3 aromatic rings. The number of rotatable bonds is 8. The lowest BCUT2D eigenvalue weighted by Gasteiger charge is -2.17. The molecule has 0 atom stereocenters. The van der Waals surface area contributed by atoms with Crippen LogP contribution in [0.5, 0.6) is 0 Å². The Bertz CT molecular complexity index is 944. The van der Waals surface area contributed by atoms with Crippen LogP contribution in [0.3, 0.4) is 0 Å². The number of nitrogens with zero attached hydrogens (tertiary/aromatic N) is 2. The highest BCUT2D eigenvalue weighted by molar-refractivity contribution is 5.91. The van der Waals surface area contributed by atoms with Crippen molar-refractivity contribution in [2.45, 2.75) is 33.2 Å². The molecule has 0 saturated heterocycles. The third-order valence-corrected chi connectivity index (χ3v) is 4.56. The van der Waals surface area contributed by atoms with Crippen LogP contribution in [0.25, 0.3) is 16.8 Å². The van der Waals surface area contributed by atoms with E-state index in [1.807, 2.05) is 30.5 Å². The SMILES string of the molecule is C=C(NCc1ccccn1)c1c(/N=C(\C)CCC)cccc1-c1ccccc1. The van der Waals surface area contributed by atoms with Crippen molar-refractivity contribution in [3.8, 4) is 11.1 Å². The van der Waals surface area contributed by atoms with Crippen molar-refractivity contribution in [3.63, 3.8) is 0 Å². The largest absolute Gasteiger partial charge is 0.379 e. The number of pyridine rings is 1. The summed E-state index contributed by atoms with van der Waals surface area (Å²) in [6.45, 7) is 9.22.